The van der Waals surface area contributed by atoms with Crippen molar-refractivity contribution >= 4 is 5.69 Å². The fourth-order valence-electron chi connectivity index (χ4n) is 2.90. The molecule has 3 heteroatoms. The normalized spacial score (nSPS) is 26.3. The molecule has 0 aliphatic heterocycles. The highest BCUT2D eigenvalue weighted by Gasteiger charge is 2.39. The van der Waals surface area contributed by atoms with E-state index in [1.165, 1.54) is 25.0 Å². The predicted octanol–water partition coefficient (Wildman–Crippen LogP) is 3.03. The Morgan fingerprint density at radius 1 is 1.33 bits per heavy atom. The van der Waals surface area contributed by atoms with Crippen LogP contribution >= 0.6 is 0 Å². The van der Waals surface area contributed by atoms with Gasteiger partial charge in [-0.25, -0.2) is 4.39 Å². The van der Waals surface area contributed by atoms with Gasteiger partial charge >= 0.3 is 0 Å². The lowest BCUT2D eigenvalue weighted by Gasteiger charge is -2.30. The first kappa shape index (κ1) is 13.3. The quantitative estimate of drug-likeness (QED) is 0.893. The van der Waals surface area contributed by atoms with Crippen LogP contribution in [-0.2, 0) is 0 Å². The molecule has 2 atom stereocenters. The highest BCUT2D eigenvalue weighted by Crippen LogP contribution is 2.40. The van der Waals surface area contributed by atoms with Crippen LogP contribution in [0.5, 0.6) is 0 Å². The van der Waals surface area contributed by atoms with Crippen LogP contribution in [-0.4, -0.2) is 19.6 Å². The molecule has 0 spiro atoms. The van der Waals surface area contributed by atoms with Crippen molar-refractivity contribution in [2.45, 2.75) is 32.7 Å². The van der Waals surface area contributed by atoms with Gasteiger partial charge in [0.1, 0.15) is 5.82 Å². The van der Waals surface area contributed by atoms with Gasteiger partial charge in [0.15, 0.2) is 0 Å². The number of halogens is 1. The Hall–Kier alpha value is -1.09. The Bertz CT molecular complexity index is 399. The standard InChI is InChI=1S/C15H23FN2/c1-15(2)9-8-11(14(15)17)10-18(3)13-6-4-12(16)5-7-13/h4-7,11,14H,8-10,17H2,1-3H3. The minimum absolute atomic E-state index is 0.189. The minimum atomic E-state index is -0.189. The Kier molecular flexibility index (Phi) is 3.62. The second-order valence-corrected chi connectivity index (χ2v) is 6.17. The van der Waals surface area contributed by atoms with Gasteiger partial charge in [0.05, 0.1) is 0 Å². The summed E-state index contributed by atoms with van der Waals surface area (Å²) in [5.41, 5.74) is 7.61. The van der Waals surface area contributed by atoms with Crippen molar-refractivity contribution < 1.29 is 4.39 Å². The van der Waals surface area contributed by atoms with E-state index in [-0.39, 0.29) is 17.3 Å². The molecule has 0 aromatic heterocycles. The maximum Gasteiger partial charge on any atom is 0.123 e. The van der Waals surface area contributed by atoms with E-state index in [0.717, 1.165) is 12.2 Å². The Morgan fingerprint density at radius 2 is 1.94 bits per heavy atom. The Labute approximate surface area is 109 Å². The van der Waals surface area contributed by atoms with E-state index in [0.29, 0.717) is 5.92 Å². The Morgan fingerprint density at radius 3 is 2.44 bits per heavy atom. The molecule has 1 aromatic rings. The van der Waals surface area contributed by atoms with Gasteiger partial charge in [-0.05, 0) is 48.4 Å². The summed E-state index contributed by atoms with van der Waals surface area (Å²) in [6.45, 7) is 5.43. The van der Waals surface area contributed by atoms with Crippen LogP contribution < -0.4 is 10.6 Å². The summed E-state index contributed by atoms with van der Waals surface area (Å²) in [6.07, 6.45) is 2.37. The largest absolute Gasteiger partial charge is 0.374 e. The van der Waals surface area contributed by atoms with Crippen LogP contribution in [0, 0.1) is 17.2 Å². The van der Waals surface area contributed by atoms with Gasteiger partial charge in [-0.1, -0.05) is 13.8 Å². The molecular weight excluding hydrogens is 227 g/mol. The molecule has 1 saturated carbocycles. The van der Waals surface area contributed by atoms with E-state index in [2.05, 4.69) is 18.7 Å². The van der Waals surface area contributed by atoms with Crippen molar-refractivity contribution in [1.29, 1.82) is 0 Å². The zero-order chi connectivity index (χ0) is 13.3. The average Bonchev–Trinajstić information content (AvgIpc) is 2.57. The van der Waals surface area contributed by atoms with E-state index >= 15 is 0 Å². The fourth-order valence-corrected chi connectivity index (χ4v) is 2.90. The van der Waals surface area contributed by atoms with Crippen molar-refractivity contribution in [3.8, 4) is 0 Å². The second-order valence-electron chi connectivity index (χ2n) is 6.17. The van der Waals surface area contributed by atoms with Crippen LogP contribution in [0.2, 0.25) is 0 Å². The summed E-state index contributed by atoms with van der Waals surface area (Å²) < 4.78 is 12.9. The van der Waals surface area contributed by atoms with E-state index in [1.54, 1.807) is 0 Å². The molecule has 2 unspecified atom stereocenters. The van der Waals surface area contributed by atoms with Crippen LogP contribution in [0.3, 0.4) is 0 Å². The van der Waals surface area contributed by atoms with E-state index < -0.39 is 0 Å². The van der Waals surface area contributed by atoms with Crippen LogP contribution in [0.1, 0.15) is 26.7 Å². The first-order valence-electron chi connectivity index (χ1n) is 6.62. The molecule has 1 aliphatic carbocycles. The van der Waals surface area contributed by atoms with E-state index in [9.17, 15) is 4.39 Å². The molecule has 0 heterocycles. The first-order chi connectivity index (χ1) is 8.40. The topological polar surface area (TPSA) is 29.3 Å². The van der Waals surface area contributed by atoms with Gasteiger partial charge in [-0.2, -0.15) is 0 Å². The number of benzene rings is 1. The minimum Gasteiger partial charge on any atom is -0.374 e. The van der Waals surface area contributed by atoms with Gasteiger partial charge in [0.2, 0.25) is 0 Å². The van der Waals surface area contributed by atoms with E-state index in [1.807, 2.05) is 19.2 Å². The third-order valence-corrected chi connectivity index (χ3v) is 4.35. The second kappa shape index (κ2) is 4.88. The zero-order valence-electron chi connectivity index (χ0n) is 11.5. The molecule has 0 radical (unpaired) electrons. The fraction of sp³-hybridized carbons (Fsp3) is 0.600. The lowest BCUT2D eigenvalue weighted by Crippen LogP contribution is -2.41. The molecule has 0 amide bonds. The molecule has 0 saturated heterocycles. The van der Waals surface area contributed by atoms with Crippen molar-refractivity contribution in [1.82, 2.24) is 0 Å². The van der Waals surface area contributed by atoms with Crippen LogP contribution in [0.25, 0.3) is 0 Å². The van der Waals surface area contributed by atoms with Crippen molar-refractivity contribution in [2.75, 3.05) is 18.5 Å². The summed E-state index contributed by atoms with van der Waals surface area (Å²) in [5.74, 6) is 0.334. The van der Waals surface area contributed by atoms with Gasteiger partial charge in [0.25, 0.3) is 0 Å². The third kappa shape index (κ3) is 2.66. The van der Waals surface area contributed by atoms with Crippen LogP contribution in [0.15, 0.2) is 24.3 Å². The summed E-state index contributed by atoms with van der Waals surface area (Å²) in [6, 6.07) is 6.90. The lowest BCUT2D eigenvalue weighted by molar-refractivity contribution is 0.301. The third-order valence-electron chi connectivity index (χ3n) is 4.35. The molecule has 1 aliphatic rings. The van der Waals surface area contributed by atoms with Crippen LogP contribution in [0.4, 0.5) is 10.1 Å². The lowest BCUT2D eigenvalue weighted by atomic mass is 9.85. The molecule has 2 N–H and O–H groups in total. The predicted molar refractivity (Wildman–Crippen MR) is 74.2 cm³/mol. The highest BCUT2D eigenvalue weighted by molar-refractivity contribution is 5.45. The molecule has 2 rings (SSSR count). The number of nitrogens with zero attached hydrogens (tertiary/aromatic N) is 1. The maximum atomic E-state index is 12.9. The zero-order valence-corrected chi connectivity index (χ0v) is 11.5. The van der Waals surface area contributed by atoms with Gasteiger partial charge < -0.3 is 10.6 Å². The maximum absolute atomic E-state index is 12.9. The average molecular weight is 250 g/mol. The van der Waals surface area contributed by atoms with Crippen molar-refractivity contribution in [3.05, 3.63) is 30.1 Å². The number of hydrogen-bond acceptors (Lipinski definition) is 2. The van der Waals surface area contributed by atoms with Crippen molar-refractivity contribution in [2.24, 2.45) is 17.1 Å². The van der Waals surface area contributed by atoms with Gasteiger partial charge in [-0.3, -0.25) is 0 Å². The number of anilines is 1. The monoisotopic (exact) mass is 250 g/mol. The molecule has 0 bridgehead atoms. The number of hydrogen-bond donors (Lipinski definition) is 1. The molecule has 1 aromatic carbocycles. The molecular formula is C15H23FN2. The van der Waals surface area contributed by atoms with Crippen molar-refractivity contribution in [3.63, 3.8) is 0 Å². The Balaban J connectivity index is 2.00. The summed E-state index contributed by atoms with van der Waals surface area (Å²) in [7, 11) is 2.05. The molecule has 1 fully saturated rings. The molecule has 2 nitrogen and oxygen atoms in total. The number of nitrogens with two attached hydrogens (primary N) is 1. The van der Waals surface area contributed by atoms with E-state index in [4.69, 9.17) is 5.73 Å². The smallest absolute Gasteiger partial charge is 0.123 e. The van der Waals surface area contributed by atoms with Gasteiger partial charge in [-0.15, -0.1) is 0 Å². The highest BCUT2D eigenvalue weighted by atomic mass is 19.1. The summed E-state index contributed by atoms with van der Waals surface area (Å²) >= 11 is 0. The summed E-state index contributed by atoms with van der Waals surface area (Å²) in [4.78, 5) is 2.17. The first-order valence-corrected chi connectivity index (χ1v) is 6.62. The molecule has 100 valence electrons. The number of rotatable bonds is 3. The SMILES string of the molecule is CN(CC1CCC(C)(C)C1N)c1ccc(F)cc1. The molecule has 18 heavy (non-hydrogen) atoms. The summed E-state index contributed by atoms with van der Waals surface area (Å²) in [5, 5.41) is 0. The van der Waals surface area contributed by atoms with Gasteiger partial charge in [0, 0.05) is 25.3 Å².